The van der Waals surface area contributed by atoms with Gasteiger partial charge in [-0.3, -0.25) is 14.9 Å². The second-order valence-electron chi connectivity index (χ2n) is 9.01. The van der Waals surface area contributed by atoms with Crippen molar-refractivity contribution in [2.45, 2.75) is 70.6 Å². The predicted octanol–water partition coefficient (Wildman–Crippen LogP) is 6.76. The minimum atomic E-state index is -4.53. The fourth-order valence-corrected chi connectivity index (χ4v) is 4.29. The van der Waals surface area contributed by atoms with Crippen molar-refractivity contribution in [2.24, 2.45) is 0 Å². The third-order valence-electron chi connectivity index (χ3n) is 5.92. The summed E-state index contributed by atoms with van der Waals surface area (Å²) in [6.45, 7) is 4.10. The SMILES string of the molecule is CCCCCCC1COC(CNC(=O)C(C)Oc2cc(Oc3ccc(C(F)(F)F)cc3Br)ccc2[N+](=O)[O-])O1. The number of hydrogen-bond donors (Lipinski definition) is 1. The molecule has 214 valence electrons. The van der Waals surface area contributed by atoms with Crippen molar-refractivity contribution in [1.29, 1.82) is 0 Å². The second-order valence-corrected chi connectivity index (χ2v) is 9.86. The Labute approximate surface area is 232 Å². The van der Waals surface area contributed by atoms with Gasteiger partial charge in [0.2, 0.25) is 5.75 Å². The van der Waals surface area contributed by atoms with Crippen LogP contribution in [0.1, 0.15) is 51.5 Å². The van der Waals surface area contributed by atoms with Gasteiger partial charge in [-0.15, -0.1) is 0 Å². The van der Waals surface area contributed by atoms with Crippen LogP contribution in [0.25, 0.3) is 0 Å². The van der Waals surface area contributed by atoms with Crippen LogP contribution in [0.5, 0.6) is 17.2 Å². The van der Waals surface area contributed by atoms with Crippen LogP contribution in [-0.4, -0.2) is 42.5 Å². The quantitative estimate of drug-likeness (QED) is 0.150. The average molecular weight is 619 g/mol. The maximum Gasteiger partial charge on any atom is 0.416 e. The smallest absolute Gasteiger partial charge is 0.416 e. The van der Waals surface area contributed by atoms with Gasteiger partial charge < -0.3 is 24.3 Å². The van der Waals surface area contributed by atoms with Gasteiger partial charge in [0.1, 0.15) is 11.5 Å². The van der Waals surface area contributed by atoms with Crippen molar-refractivity contribution in [1.82, 2.24) is 5.32 Å². The fraction of sp³-hybridized carbons (Fsp3) is 0.500. The molecule has 1 aliphatic heterocycles. The number of benzene rings is 2. The van der Waals surface area contributed by atoms with Crippen LogP contribution < -0.4 is 14.8 Å². The maximum absolute atomic E-state index is 12.9. The maximum atomic E-state index is 12.9. The lowest BCUT2D eigenvalue weighted by Crippen LogP contribution is -2.40. The highest BCUT2D eigenvalue weighted by molar-refractivity contribution is 9.10. The molecule has 2 aromatic carbocycles. The molecule has 9 nitrogen and oxygen atoms in total. The third-order valence-corrected chi connectivity index (χ3v) is 6.54. The molecule has 0 spiro atoms. The number of ether oxygens (including phenoxy) is 4. The Bertz CT molecular complexity index is 1150. The Morgan fingerprint density at radius 3 is 2.64 bits per heavy atom. The van der Waals surface area contributed by atoms with E-state index in [4.69, 9.17) is 18.9 Å². The van der Waals surface area contributed by atoms with Crippen LogP contribution in [0.2, 0.25) is 0 Å². The molecule has 0 saturated carbocycles. The first kappa shape index (κ1) is 30.6. The van der Waals surface area contributed by atoms with Gasteiger partial charge in [-0.05, 0) is 53.5 Å². The fourth-order valence-electron chi connectivity index (χ4n) is 3.83. The molecule has 3 unspecified atom stereocenters. The minimum Gasteiger partial charge on any atom is -0.474 e. The predicted molar refractivity (Wildman–Crippen MR) is 139 cm³/mol. The molecule has 1 fully saturated rings. The van der Waals surface area contributed by atoms with E-state index in [1.54, 1.807) is 0 Å². The van der Waals surface area contributed by atoms with E-state index >= 15 is 0 Å². The van der Waals surface area contributed by atoms with Gasteiger partial charge in [0, 0.05) is 12.1 Å². The summed E-state index contributed by atoms with van der Waals surface area (Å²) in [5, 5.41) is 14.2. The monoisotopic (exact) mass is 618 g/mol. The zero-order valence-corrected chi connectivity index (χ0v) is 23.0. The molecule has 13 heteroatoms. The van der Waals surface area contributed by atoms with Gasteiger partial charge in [0.15, 0.2) is 12.4 Å². The van der Waals surface area contributed by atoms with Gasteiger partial charge in [0.05, 0.1) is 34.2 Å². The normalized spacial score (nSPS) is 18.0. The van der Waals surface area contributed by atoms with Crippen LogP contribution in [-0.2, 0) is 20.4 Å². The van der Waals surface area contributed by atoms with Gasteiger partial charge in [-0.1, -0.05) is 32.6 Å². The van der Waals surface area contributed by atoms with E-state index in [1.165, 1.54) is 25.5 Å². The zero-order chi connectivity index (χ0) is 28.6. The zero-order valence-electron chi connectivity index (χ0n) is 21.5. The summed E-state index contributed by atoms with van der Waals surface area (Å²) in [7, 11) is 0. The highest BCUT2D eigenvalue weighted by Crippen LogP contribution is 2.39. The van der Waals surface area contributed by atoms with E-state index in [0.29, 0.717) is 6.61 Å². The number of nitrogens with one attached hydrogen (secondary N) is 1. The van der Waals surface area contributed by atoms with Crippen LogP contribution in [0.3, 0.4) is 0 Å². The Balaban J connectivity index is 1.59. The number of rotatable bonds is 13. The van der Waals surface area contributed by atoms with Crippen molar-refractivity contribution >= 4 is 27.5 Å². The van der Waals surface area contributed by atoms with Crippen molar-refractivity contribution < 1.29 is 41.8 Å². The number of halogens is 4. The van der Waals surface area contributed by atoms with E-state index in [0.717, 1.165) is 49.9 Å². The number of nitrogens with zero attached hydrogens (tertiary/aromatic N) is 1. The Hall–Kier alpha value is -2.90. The van der Waals surface area contributed by atoms with E-state index in [9.17, 15) is 28.1 Å². The minimum absolute atomic E-state index is 0.0208. The molecule has 3 rings (SSSR count). The number of hydrogen-bond acceptors (Lipinski definition) is 7. The van der Waals surface area contributed by atoms with E-state index in [-0.39, 0.29) is 34.4 Å². The molecular weight excluding hydrogens is 589 g/mol. The standard InChI is InChI=1S/C26H30BrF3N2O7/c1-3-4-5-6-7-19-15-36-24(39-19)14-31-25(33)16(2)37-23-13-18(9-10-21(23)32(34)35)38-22-11-8-17(12-20(22)27)26(28,29)30/h8-13,16,19,24H,3-7,14-15H2,1-2H3,(H,31,33). The van der Waals surface area contributed by atoms with Crippen LogP contribution in [0.4, 0.5) is 18.9 Å². The lowest BCUT2D eigenvalue weighted by atomic mass is 10.1. The van der Waals surface area contributed by atoms with E-state index in [1.807, 2.05) is 0 Å². The molecule has 1 heterocycles. The molecule has 2 aromatic rings. The molecule has 0 radical (unpaired) electrons. The lowest BCUT2D eigenvalue weighted by Gasteiger charge is -2.17. The molecule has 1 saturated heterocycles. The summed E-state index contributed by atoms with van der Waals surface area (Å²) >= 11 is 3.04. The van der Waals surface area contributed by atoms with Gasteiger partial charge >= 0.3 is 11.9 Å². The van der Waals surface area contributed by atoms with Crippen molar-refractivity contribution in [2.75, 3.05) is 13.2 Å². The Morgan fingerprint density at radius 1 is 1.21 bits per heavy atom. The van der Waals surface area contributed by atoms with Gasteiger partial charge in [0.25, 0.3) is 5.91 Å². The number of alkyl halides is 3. The number of nitro groups is 1. The number of carbonyl (C=O) groups excluding carboxylic acids is 1. The molecular formula is C26H30BrF3N2O7. The van der Waals surface area contributed by atoms with Gasteiger partial charge in [-0.2, -0.15) is 13.2 Å². The first-order valence-electron chi connectivity index (χ1n) is 12.5. The summed E-state index contributed by atoms with van der Waals surface area (Å²) in [5.41, 5.74) is -1.29. The largest absolute Gasteiger partial charge is 0.474 e. The lowest BCUT2D eigenvalue weighted by molar-refractivity contribution is -0.386. The molecule has 3 atom stereocenters. The molecule has 1 aliphatic rings. The molecule has 0 aromatic heterocycles. The second kappa shape index (κ2) is 13.9. The third kappa shape index (κ3) is 9.07. The number of carbonyl (C=O) groups is 1. The van der Waals surface area contributed by atoms with Crippen LogP contribution in [0.15, 0.2) is 40.9 Å². The number of unbranched alkanes of at least 4 members (excludes halogenated alkanes) is 3. The first-order chi connectivity index (χ1) is 18.5. The van der Waals surface area contributed by atoms with E-state index in [2.05, 4.69) is 28.2 Å². The first-order valence-corrected chi connectivity index (χ1v) is 13.3. The molecule has 0 aliphatic carbocycles. The number of amides is 1. The number of nitro benzene ring substituents is 1. The summed E-state index contributed by atoms with van der Waals surface area (Å²) < 4.78 is 61.4. The molecule has 0 bridgehead atoms. The molecule has 39 heavy (non-hydrogen) atoms. The van der Waals surface area contributed by atoms with Crippen LogP contribution in [0, 0.1) is 10.1 Å². The molecule has 1 N–H and O–H groups in total. The van der Waals surface area contributed by atoms with Crippen molar-refractivity contribution in [3.05, 3.63) is 56.5 Å². The van der Waals surface area contributed by atoms with Crippen LogP contribution >= 0.6 is 15.9 Å². The summed E-state index contributed by atoms with van der Waals surface area (Å²) in [5.74, 6) is -0.682. The highest BCUT2D eigenvalue weighted by atomic mass is 79.9. The highest BCUT2D eigenvalue weighted by Gasteiger charge is 2.31. The van der Waals surface area contributed by atoms with E-state index < -0.39 is 40.7 Å². The summed E-state index contributed by atoms with van der Waals surface area (Å²) in [6.07, 6.45) is -0.886. The Morgan fingerprint density at radius 2 is 1.97 bits per heavy atom. The Kier molecular flexibility index (Phi) is 11.0. The summed E-state index contributed by atoms with van der Waals surface area (Å²) in [6, 6.07) is 6.41. The van der Waals surface area contributed by atoms with Gasteiger partial charge in [-0.25, -0.2) is 0 Å². The average Bonchev–Trinajstić information content (AvgIpc) is 3.33. The topological polar surface area (TPSA) is 109 Å². The summed E-state index contributed by atoms with van der Waals surface area (Å²) in [4.78, 5) is 23.4. The van der Waals surface area contributed by atoms with Crippen molar-refractivity contribution in [3.8, 4) is 17.2 Å². The van der Waals surface area contributed by atoms with Crippen molar-refractivity contribution in [3.63, 3.8) is 0 Å². The molecule has 1 amide bonds.